The lowest BCUT2D eigenvalue weighted by atomic mass is 10.1. The van der Waals surface area contributed by atoms with Crippen LogP contribution in [-0.4, -0.2) is 22.5 Å². The Morgan fingerprint density at radius 3 is 2.86 bits per heavy atom. The molecule has 0 aliphatic carbocycles. The first-order chi connectivity index (χ1) is 9.93. The quantitative estimate of drug-likeness (QED) is 0.521. The number of hydrogen-bond donors (Lipinski definition) is 1. The minimum atomic E-state index is -0.736. The van der Waals surface area contributed by atoms with Crippen molar-refractivity contribution in [3.63, 3.8) is 0 Å². The van der Waals surface area contributed by atoms with E-state index in [1.807, 2.05) is 0 Å². The summed E-state index contributed by atoms with van der Waals surface area (Å²) >= 11 is 0. The summed E-state index contributed by atoms with van der Waals surface area (Å²) in [5.41, 5.74) is 6.14. The molecule has 2 N–H and O–H groups in total. The zero-order valence-corrected chi connectivity index (χ0v) is 11.5. The van der Waals surface area contributed by atoms with Crippen LogP contribution in [0.5, 0.6) is 0 Å². The van der Waals surface area contributed by atoms with E-state index in [9.17, 15) is 14.9 Å². The molecule has 0 amide bonds. The number of nitrogens with zero attached hydrogens (tertiary/aromatic N) is 2. The number of anilines is 1. The van der Waals surface area contributed by atoms with Gasteiger partial charge in [-0.15, -0.1) is 0 Å². The monoisotopic (exact) mass is 291 g/mol. The normalized spacial score (nSPS) is 10.4. The topological polar surface area (TPSA) is 121 Å². The van der Waals surface area contributed by atoms with Gasteiger partial charge in [0, 0.05) is 6.07 Å². The number of nitro groups is 1. The fraction of sp³-hybridized carbons (Fsp3) is 0.231. The van der Waals surface area contributed by atoms with Crippen LogP contribution in [0.2, 0.25) is 0 Å². The molecule has 110 valence electrons. The SMILES string of the molecule is CCOC(=O)c1nc(-c2cc(C)ccc2[N+](=O)[O-])oc1N. The van der Waals surface area contributed by atoms with Gasteiger partial charge in [0.1, 0.15) is 5.56 Å². The molecule has 1 aromatic heterocycles. The van der Waals surface area contributed by atoms with Crippen molar-refractivity contribution >= 4 is 17.5 Å². The zero-order chi connectivity index (χ0) is 15.6. The Labute approximate surface area is 119 Å². The van der Waals surface area contributed by atoms with Gasteiger partial charge < -0.3 is 14.9 Å². The van der Waals surface area contributed by atoms with Crippen LogP contribution in [0.15, 0.2) is 22.6 Å². The maximum atomic E-state index is 11.6. The molecule has 1 heterocycles. The van der Waals surface area contributed by atoms with Gasteiger partial charge in [0.25, 0.3) is 5.69 Å². The molecule has 2 rings (SSSR count). The number of ether oxygens (including phenoxy) is 1. The van der Waals surface area contributed by atoms with Gasteiger partial charge >= 0.3 is 5.97 Å². The molecule has 8 nitrogen and oxygen atoms in total. The molecule has 2 aromatic rings. The van der Waals surface area contributed by atoms with E-state index in [2.05, 4.69) is 4.98 Å². The number of nitrogens with two attached hydrogens (primary N) is 1. The van der Waals surface area contributed by atoms with Crippen LogP contribution >= 0.6 is 0 Å². The zero-order valence-electron chi connectivity index (χ0n) is 11.5. The van der Waals surface area contributed by atoms with E-state index >= 15 is 0 Å². The summed E-state index contributed by atoms with van der Waals surface area (Å²) in [6.07, 6.45) is 0. The third-order valence-electron chi connectivity index (χ3n) is 2.70. The summed E-state index contributed by atoms with van der Waals surface area (Å²) in [5, 5.41) is 11.0. The summed E-state index contributed by atoms with van der Waals surface area (Å²) < 4.78 is 9.96. The predicted octanol–water partition coefficient (Wildman–Crippen LogP) is 2.32. The van der Waals surface area contributed by atoms with Crippen LogP contribution in [0, 0.1) is 17.0 Å². The number of nitrogen functional groups attached to an aromatic ring is 1. The van der Waals surface area contributed by atoms with Crippen LogP contribution in [0.3, 0.4) is 0 Å². The largest absolute Gasteiger partial charge is 0.461 e. The number of hydrogen-bond acceptors (Lipinski definition) is 7. The second-order valence-corrected chi connectivity index (χ2v) is 4.23. The fourth-order valence-electron chi connectivity index (χ4n) is 1.77. The van der Waals surface area contributed by atoms with Crippen LogP contribution in [-0.2, 0) is 4.74 Å². The molecule has 0 spiro atoms. The van der Waals surface area contributed by atoms with E-state index in [0.717, 1.165) is 5.56 Å². The fourth-order valence-corrected chi connectivity index (χ4v) is 1.77. The molecular formula is C13H13N3O5. The van der Waals surface area contributed by atoms with Gasteiger partial charge in [-0.05, 0) is 25.5 Å². The average Bonchev–Trinajstić information content (AvgIpc) is 2.80. The number of oxazole rings is 1. The van der Waals surface area contributed by atoms with Crippen molar-refractivity contribution in [2.45, 2.75) is 13.8 Å². The third kappa shape index (κ3) is 2.83. The van der Waals surface area contributed by atoms with Crippen molar-refractivity contribution in [3.8, 4) is 11.5 Å². The van der Waals surface area contributed by atoms with Crippen molar-refractivity contribution in [2.24, 2.45) is 0 Å². The van der Waals surface area contributed by atoms with Gasteiger partial charge in [0.05, 0.1) is 11.5 Å². The molecule has 0 saturated carbocycles. The van der Waals surface area contributed by atoms with Crippen molar-refractivity contribution in [3.05, 3.63) is 39.6 Å². The Morgan fingerprint density at radius 2 is 2.24 bits per heavy atom. The number of aryl methyl sites for hydroxylation is 1. The standard InChI is InChI=1S/C13H13N3O5/c1-3-20-13(17)10-11(14)21-12(15-10)8-6-7(2)4-5-9(8)16(18)19/h4-6H,3,14H2,1-2H3. The first-order valence-electron chi connectivity index (χ1n) is 6.12. The van der Waals surface area contributed by atoms with Gasteiger partial charge in [-0.2, -0.15) is 4.98 Å². The number of nitro benzene ring substituents is 1. The second kappa shape index (κ2) is 5.61. The molecule has 0 unspecified atom stereocenters. The average molecular weight is 291 g/mol. The van der Waals surface area contributed by atoms with E-state index in [0.29, 0.717) is 0 Å². The first-order valence-corrected chi connectivity index (χ1v) is 6.12. The smallest absolute Gasteiger partial charge is 0.362 e. The molecule has 0 fully saturated rings. The van der Waals surface area contributed by atoms with Gasteiger partial charge in [0.2, 0.25) is 17.5 Å². The van der Waals surface area contributed by atoms with E-state index in [-0.39, 0.29) is 35.3 Å². The lowest BCUT2D eigenvalue weighted by Gasteiger charge is -2.00. The molecule has 0 aliphatic rings. The molecule has 1 aromatic carbocycles. The maximum absolute atomic E-state index is 11.6. The van der Waals surface area contributed by atoms with Crippen molar-refractivity contribution in [1.82, 2.24) is 4.98 Å². The number of carbonyl (C=O) groups excluding carboxylic acids is 1. The van der Waals surface area contributed by atoms with Crippen LogP contribution in [0.4, 0.5) is 11.6 Å². The lowest BCUT2D eigenvalue weighted by molar-refractivity contribution is -0.384. The molecule has 0 radical (unpaired) electrons. The Bertz CT molecular complexity index is 708. The molecular weight excluding hydrogens is 278 g/mol. The van der Waals surface area contributed by atoms with E-state index in [1.54, 1.807) is 26.0 Å². The van der Waals surface area contributed by atoms with E-state index in [1.165, 1.54) is 6.07 Å². The maximum Gasteiger partial charge on any atom is 0.362 e. The highest BCUT2D eigenvalue weighted by Gasteiger charge is 2.24. The number of carbonyl (C=O) groups is 1. The van der Waals surface area contributed by atoms with Crippen molar-refractivity contribution in [2.75, 3.05) is 12.3 Å². The molecule has 21 heavy (non-hydrogen) atoms. The van der Waals surface area contributed by atoms with Gasteiger partial charge in [-0.25, -0.2) is 4.79 Å². The third-order valence-corrected chi connectivity index (χ3v) is 2.70. The van der Waals surface area contributed by atoms with Gasteiger partial charge in [0.15, 0.2) is 0 Å². The number of esters is 1. The lowest BCUT2D eigenvalue weighted by Crippen LogP contribution is -2.07. The summed E-state index contributed by atoms with van der Waals surface area (Å²) in [5.74, 6) is -1.06. The number of benzene rings is 1. The molecule has 0 atom stereocenters. The Morgan fingerprint density at radius 1 is 1.52 bits per heavy atom. The Kier molecular flexibility index (Phi) is 3.88. The summed E-state index contributed by atoms with van der Waals surface area (Å²) in [6.45, 7) is 3.57. The van der Waals surface area contributed by atoms with E-state index in [4.69, 9.17) is 14.9 Å². The van der Waals surface area contributed by atoms with Gasteiger partial charge in [-0.3, -0.25) is 10.1 Å². The molecule has 0 bridgehead atoms. The van der Waals surface area contributed by atoms with Crippen molar-refractivity contribution < 1.29 is 18.9 Å². The highest BCUT2D eigenvalue weighted by Crippen LogP contribution is 2.32. The molecule has 8 heteroatoms. The van der Waals surface area contributed by atoms with Crippen LogP contribution in [0.25, 0.3) is 11.5 Å². The van der Waals surface area contributed by atoms with Gasteiger partial charge in [-0.1, -0.05) is 6.07 Å². The number of aromatic nitrogens is 1. The summed E-state index contributed by atoms with van der Waals surface area (Å²) in [7, 11) is 0. The summed E-state index contributed by atoms with van der Waals surface area (Å²) in [4.78, 5) is 26.0. The molecule has 0 aliphatic heterocycles. The minimum absolute atomic E-state index is 0.0917. The van der Waals surface area contributed by atoms with Crippen LogP contribution in [0.1, 0.15) is 23.0 Å². The Balaban J connectivity index is 2.53. The summed E-state index contributed by atoms with van der Waals surface area (Å²) in [6, 6.07) is 4.48. The van der Waals surface area contributed by atoms with E-state index < -0.39 is 10.9 Å². The van der Waals surface area contributed by atoms with Crippen molar-refractivity contribution in [1.29, 1.82) is 0 Å². The minimum Gasteiger partial charge on any atom is -0.461 e. The highest BCUT2D eigenvalue weighted by molar-refractivity contribution is 5.92. The number of rotatable bonds is 4. The Hall–Kier alpha value is -2.90. The molecule has 0 saturated heterocycles. The van der Waals surface area contributed by atoms with Crippen LogP contribution < -0.4 is 5.73 Å². The second-order valence-electron chi connectivity index (χ2n) is 4.23. The first kappa shape index (κ1) is 14.5. The predicted molar refractivity (Wildman–Crippen MR) is 73.7 cm³/mol. The highest BCUT2D eigenvalue weighted by atomic mass is 16.6.